The first-order valence-corrected chi connectivity index (χ1v) is 9.89. The van der Waals surface area contributed by atoms with Crippen LogP contribution in [-0.4, -0.2) is 44.6 Å². The van der Waals surface area contributed by atoms with Crippen LogP contribution in [0, 0.1) is 5.92 Å². The number of ether oxygens (including phenoxy) is 5. The third-order valence-corrected chi connectivity index (χ3v) is 5.42. The minimum Gasteiger partial charge on any atom is -0.370 e. The van der Waals surface area contributed by atoms with Crippen LogP contribution in [0.1, 0.15) is 23.8 Å². The average molecular weight is 398 g/mol. The van der Waals surface area contributed by atoms with Crippen LogP contribution in [0.15, 0.2) is 60.7 Å². The lowest BCUT2D eigenvalue weighted by Crippen LogP contribution is -2.60. The van der Waals surface area contributed by atoms with Crippen molar-refractivity contribution in [3.05, 3.63) is 71.8 Å². The van der Waals surface area contributed by atoms with Crippen molar-refractivity contribution >= 4 is 6.29 Å². The predicted octanol–water partition coefficient (Wildman–Crippen LogP) is 3.26. The Hall–Kier alpha value is -2.09. The zero-order valence-corrected chi connectivity index (χ0v) is 16.4. The van der Waals surface area contributed by atoms with Crippen molar-refractivity contribution in [3.8, 4) is 0 Å². The van der Waals surface area contributed by atoms with E-state index < -0.39 is 12.6 Å². The van der Waals surface area contributed by atoms with Crippen LogP contribution < -0.4 is 0 Å². The van der Waals surface area contributed by atoms with E-state index in [4.69, 9.17) is 23.7 Å². The summed E-state index contributed by atoms with van der Waals surface area (Å²) in [6, 6.07) is 19.7. The van der Waals surface area contributed by atoms with Gasteiger partial charge in [0, 0.05) is 25.0 Å². The third kappa shape index (κ3) is 4.57. The van der Waals surface area contributed by atoms with Crippen LogP contribution >= 0.6 is 0 Å². The molecule has 2 aromatic carbocycles. The second kappa shape index (κ2) is 9.61. The molecule has 0 radical (unpaired) electrons. The van der Waals surface area contributed by atoms with Gasteiger partial charge in [-0.1, -0.05) is 60.7 Å². The Morgan fingerprint density at radius 3 is 2.45 bits per heavy atom. The van der Waals surface area contributed by atoms with Crippen LogP contribution in [0.3, 0.4) is 0 Å². The smallest absolute Gasteiger partial charge is 0.184 e. The molecular formula is C23H26O6. The second-order valence-corrected chi connectivity index (χ2v) is 7.28. The fraction of sp³-hybridized carbons (Fsp3) is 0.435. The van der Waals surface area contributed by atoms with E-state index in [1.54, 1.807) is 7.11 Å². The van der Waals surface area contributed by atoms with E-state index in [-0.39, 0.29) is 30.7 Å². The Labute approximate surface area is 170 Å². The molecule has 154 valence electrons. The monoisotopic (exact) mass is 398 g/mol. The quantitative estimate of drug-likeness (QED) is 0.667. The lowest BCUT2D eigenvalue weighted by molar-refractivity contribution is -0.355. The Bertz CT molecular complexity index is 767. The molecule has 2 aromatic rings. The number of benzene rings is 2. The van der Waals surface area contributed by atoms with E-state index in [1.807, 2.05) is 60.7 Å². The van der Waals surface area contributed by atoms with Gasteiger partial charge in [-0.3, -0.25) is 0 Å². The van der Waals surface area contributed by atoms with Gasteiger partial charge in [0.05, 0.1) is 19.3 Å². The Morgan fingerprint density at radius 2 is 1.76 bits per heavy atom. The Morgan fingerprint density at radius 1 is 1.03 bits per heavy atom. The molecule has 29 heavy (non-hydrogen) atoms. The van der Waals surface area contributed by atoms with Gasteiger partial charge in [0.15, 0.2) is 12.6 Å². The van der Waals surface area contributed by atoms with E-state index in [1.165, 1.54) is 0 Å². The van der Waals surface area contributed by atoms with Gasteiger partial charge >= 0.3 is 0 Å². The van der Waals surface area contributed by atoms with Crippen molar-refractivity contribution in [2.75, 3.05) is 13.7 Å². The first-order valence-electron chi connectivity index (χ1n) is 9.89. The lowest BCUT2D eigenvalue weighted by atomic mass is 9.88. The first kappa shape index (κ1) is 20.2. The maximum atomic E-state index is 11.4. The summed E-state index contributed by atoms with van der Waals surface area (Å²) >= 11 is 0. The minimum atomic E-state index is -0.553. The second-order valence-electron chi connectivity index (χ2n) is 7.28. The summed E-state index contributed by atoms with van der Waals surface area (Å²) in [6.07, 6.45) is -0.964. The van der Waals surface area contributed by atoms with E-state index in [2.05, 4.69) is 0 Å². The predicted molar refractivity (Wildman–Crippen MR) is 105 cm³/mol. The van der Waals surface area contributed by atoms with Gasteiger partial charge < -0.3 is 28.5 Å². The molecule has 6 atom stereocenters. The van der Waals surface area contributed by atoms with Gasteiger partial charge in [-0.05, 0) is 5.56 Å². The fourth-order valence-corrected chi connectivity index (χ4v) is 3.98. The van der Waals surface area contributed by atoms with Crippen LogP contribution in [0.2, 0.25) is 0 Å². The zero-order valence-electron chi connectivity index (χ0n) is 16.4. The summed E-state index contributed by atoms with van der Waals surface area (Å²) in [5.74, 6) is -0.267. The van der Waals surface area contributed by atoms with Gasteiger partial charge in [0.1, 0.15) is 18.5 Å². The number of aldehydes is 1. The molecular weight excluding hydrogens is 372 g/mol. The fourth-order valence-electron chi connectivity index (χ4n) is 3.98. The molecule has 0 saturated carbocycles. The van der Waals surface area contributed by atoms with Gasteiger partial charge in [-0.2, -0.15) is 0 Å². The van der Waals surface area contributed by atoms with Gasteiger partial charge in [0.2, 0.25) is 0 Å². The molecule has 0 aliphatic carbocycles. The molecule has 1 unspecified atom stereocenters. The average Bonchev–Trinajstić information content (AvgIpc) is 2.79. The molecule has 2 aliphatic heterocycles. The molecule has 2 aliphatic rings. The highest BCUT2D eigenvalue weighted by atomic mass is 16.7. The topological polar surface area (TPSA) is 63.2 Å². The number of hydrogen-bond acceptors (Lipinski definition) is 6. The Kier molecular flexibility index (Phi) is 6.69. The third-order valence-electron chi connectivity index (χ3n) is 5.42. The number of methoxy groups -OCH3 is 1. The van der Waals surface area contributed by atoms with Crippen LogP contribution in [0.25, 0.3) is 0 Å². The molecule has 0 aromatic heterocycles. The van der Waals surface area contributed by atoms with Gasteiger partial charge in [0.25, 0.3) is 0 Å². The van der Waals surface area contributed by atoms with Crippen molar-refractivity contribution < 1.29 is 28.5 Å². The lowest BCUT2D eigenvalue weighted by Gasteiger charge is -2.48. The number of carbonyl (C=O) groups is 1. The van der Waals surface area contributed by atoms with Crippen LogP contribution in [0.4, 0.5) is 0 Å². The molecule has 0 bridgehead atoms. The summed E-state index contributed by atoms with van der Waals surface area (Å²) in [4.78, 5) is 11.4. The van der Waals surface area contributed by atoms with Gasteiger partial charge in [-0.25, -0.2) is 0 Å². The summed E-state index contributed by atoms with van der Waals surface area (Å²) < 4.78 is 30.1. The maximum Gasteiger partial charge on any atom is 0.184 e. The number of rotatable bonds is 7. The summed E-state index contributed by atoms with van der Waals surface area (Å²) in [6.45, 7) is 0.782. The normalized spacial score (nSPS) is 31.8. The number of hydrogen-bond donors (Lipinski definition) is 0. The highest BCUT2D eigenvalue weighted by molar-refractivity contribution is 5.50. The van der Waals surface area contributed by atoms with Crippen molar-refractivity contribution in [3.63, 3.8) is 0 Å². The highest BCUT2D eigenvalue weighted by Crippen LogP contribution is 2.39. The molecule has 0 spiro atoms. The molecule has 6 nitrogen and oxygen atoms in total. The van der Waals surface area contributed by atoms with Gasteiger partial charge in [-0.15, -0.1) is 0 Å². The molecule has 4 rings (SSSR count). The molecule has 6 heteroatoms. The SMILES string of the molecule is CO[C@H]1O[C@@H]2COC(c3ccccc3)O[C@H]2[C@@H](OCc2ccccc2)[C@@H]1CC=O. The zero-order chi connectivity index (χ0) is 20.1. The van der Waals surface area contributed by atoms with E-state index in [9.17, 15) is 4.79 Å². The standard InChI is InChI=1S/C23H26O6/c1-25-23-18(12-13-24)20(26-14-16-8-4-2-5-9-16)21-19(28-23)15-27-22(29-21)17-10-6-3-7-11-17/h2-11,13,18-23H,12,14-15H2,1H3/t18-,19+,20-,21+,22?,23-/m0/s1. The maximum absolute atomic E-state index is 11.4. The molecule has 2 saturated heterocycles. The summed E-state index contributed by atoms with van der Waals surface area (Å²) in [5.41, 5.74) is 1.99. The van der Waals surface area contributed by atoms with Crippen molar-refractivity contribution in [2.24, 2.45) is 5.92 Å². The molecule has 2 fully saturated rings. The molecule has 0 N–H and O–H groups in total. The van der Waals surface area contributed by atoms with E-state index >= 15 is 0 Å². The molecule has 2 heterocycles. The largest absolute Gasteiger partial charge is 0.370 e. The number of fused-ring (bicyclic) bond motifs is 1. The number of carbonyl (C=O) groups excluding carboxylic acids is 1. The Balaban J connectivity index is 1.56. The van der Waals surface area contributed by atoms with Crippen molar-refractivity contribution in [1.29, 1.82) is 0 Å². The first-order chi connectivity index (χ1) is 14.3. The van der Waals surface area contributed by atoms with Crippen molar-refractivity contribution in [2.45, 2.75) is 43.9 Å². The van der Waals surface area contributed by atoms with Crippen LogP contribution in [-0.2, 0) is 35.1 Å². The van der Waals surface area contributed by atoms with E-state index in [0.29, 0.717) is 13.2 Å². The summed E-state index contributed by atoms with van der Waals surface area (Å²) in [7, 11) is 1.58. The van der Waals surface area contributed by atoms with Crippen molar-refractivity contribution in [1.82, 2.24) is 0 Å². The highest BCUT2D eigenvalue weighted by Gasteiger charge is 2.50. The molecule has 0 amide bonds. The van der Waals surface area contributed by atoms with E-state index in [0.717, 1.165) is 17.4 Å². The summed E-state index contributed by atoms with van der Waals surface area (Å²) in [5, 5.41) is 0. The minimum absolute atomic E-state index is 0.265. The van der Waals surface area contributed by atoms with Crippen LogP contribution in [0.5, 0.6) is 0 Å².